The zero-order valence-electron chi connectivity index (χ0n) is 18.0. The Morgan fingerprint density at radius 3 is 1.85 bits per heavy atom. The van der Waals surface area contributed by atoms with Gasteiger partial charge in [0, 0.05) is 5.82 Å². The standard InChI is InChI=1S/C22H41O3P/c1-7-13-17-20(14-8-2)22(16-10-4)21(15-9-3)18-19-26(23,24-11-5)25-12-6/h17-19H,7-16H2,1-6H3/b19-18+,20-17+,22-21-. The van der Waals surface area contributed by atoms with Crippen molar-refractivity contribution in [2.24, 2.45) is 0 Å². The number of rotatable bonds is 15. The summed E-state index contributed by atoms with van der Waals surface area (Å²) in [7, 11) is -3.16. The summed E-state index contributed by atoms with van der Waals surface area (Å²) < 4.78 is 23.6. The van der Waals surface area contributed by atoms with Crippen LogP contribution in [0, 0.1) is 0 Å². The van der Waals surface area contributed by atoms with Crippen LogP contribution in [0.25, 0.3) is 0 Å². The highest BCUT2D eigenvalue weighted by atomic mass is 31.2. The maximum atomic E-state index is 12.8. The van der Waals surface area contributed by atoms with Crippen LogP contribution in [0.15, 0.2) is 34.7 Å². The second-order valence-corrected chi connectivity index (χ2v) is 8.36. The number of allylic oxidation sites excluding steroid dienone is 5. The molecule has 0 aromatic rings. The highest BCUT2D eigenvalue weighted by Crippen LogP contribution is 2.50. The van der Waals surface area contributed by atoms with Crippen molar-refractivity contribution in [3.8, 4) is 0 Å². The second-order valence-electron chi connectivity index (χ2n) is 6.46. The smallest absolute Gasteiger partial charge is 0.306 e. The number of unbranched alkanes of at least 4 members (excludes halogenated alkanes) is 1. The highest BCUT2D eigenvalue weighted by Gasteiger charge is 2.19. The van der Waals surface area contributed by atoms with Gasteiger partial charge >= 0.3 is 7.60 Å². The molecule has 0 aliphatic carbocycles. The Morgan fingerprint density at radius 1 is 0.808 bits per heavy atom. The van der Waals surface area contributed by atoms with Gasteiger partial charge in [0.15, 0.2) is 0 Å². The molecule has 0 N–H and O–H groups in total. The fraction of sp³-hybridized carbons (Fsp3) is 0.727. The summed E-state index contributed by atoms with van der Waals surface area (Å²) in [5.74, 6) is 1.67. The first-order valence-corrected chi connectivity index (χ1v) is 12.1. The Balaban J connectivity index is 5.99. The summed E-state index contributed by atoms with van der Waals surface area (Å²) in [6, 6.07) is 0. The highest BCUT2D eigenvalue weighted by molar-refractivity contribution is 7.57. The van der Waals surface area contributed by atoms with Crippen molar-refractivity contribution >= 4 is 7.60 Å². The zero-order valence-corrected chi connectivity index (χ0v) is 18.9. The van der Waals surface area contributed by atoms with Crippen LogP contribution in [0.1, 0.15) is 92.9 Å². The van der Waals surface area contributed by atoms with Gasteiger partial charge in [0.05, 0.1) is 13.2 Å². The van der Waals surface area contributed by atoms with E-state index < -0.39 is 7.60 Å². The van der Waals surface area contributed by atoms with Crippen LogP contribution in [0.4, 0.5) is 0 Å². The first-order valence-electron chi connectivity index (χ1n) is 10.5. The molecule has 0 amide bonds. The third-order valence-corrected chi connectivity index (χ3v) is 5.82. The lowest BCUT2D eigenvalue weighted by molar-refractivity contribution is 0.229. The van der Waals surface area contributed by atoms with Crippen molar-refractivity contribution in [1.82, 2.24) is 0 Å². The third kappa shape index (κ3) is 9.90. The van der Waals surface area contributed by atoms with E-state index >= 15 is 0 Å². The molecule has 0 atom stereocenters. The maximum absolute atomic E-state index is 12.8. The summed E-state index contributed by atoms with van der Waals surface area (Å²) >= 11 is 0. The Morgan fingerprint density at radius 2 is 1.38 bits per heavy atom. The third-order valence-electron chi connectivity index (χ3n) is 4.07. The molecule has 0 radical (unpaired) electrons. The summed E-state index contributed by atoms with van der Waals surface area (Å²) in [5, 5.41) is 0. The van der Waals surface area contributed by atoms with Gasteiger partial charge in [0.25, 0.3) is 0 Å². The average Bonchev–Trinajstić information content (AvgIpc) is 2.61. The van der Waals surface area contributed by atoms with Crippen LogP contribution in [0.3, 0.4) is 0 Å². The van der Waals surface area contributed by atoms with Gasteiger partial charge in [-0.15, -0.1) is 0 Å². The van der Waals surface area contributed by atoms with Crippen molar-refractivity contribution in [2.75, 3.05) is 13.2 Å². The van der Waals surface area contributed by atoms with Gasteiger partial charge in [0.2, 0.25) is 0 Å². The van der Waals surface area contributed by atoms with Crippen LogP contribution < -0.4 is 0 Å². The van der Waals surface area contributed by atoms with Gasteiger partial charge in [-0.05, 0) is 56.3 Å². The maximum Gasteiger partial charge on any atom is 0.354 e. The van der Waals surface area contributed by atoms with Gasteiger partial charge in [-0.2, -0.15) is 0 Å². The quantitative estimate of drug-likeness (QED) is 0.211. The SMILES string of the molecule is CCC/C=C(CCC)/C(CCC)=C(\C=C\P(=O)(OCC)OCC)CCC. The van der Waals surface area contributed by atoms with E-state index in [-0.39, 0.29) is 0 Å². The molecule has 152 valence electrons. The number of hydrogen-bond acceptors (Lipinski definition) is 3. The first kappa shape index (κ1) is 25.4. The van der Waals surface area contributed by atoms with E-state index in [9.17, 15) is 4.57 Å². The summed E-state index contributed by atoms with van der Waals surface area (Å²) in [6.45, 7) is 13.3. The molecule has 3 nitrogen and oxygen atoms in total. The Bertz CT molecular complexity index is 494. The van der Waals surface area contributed by atoms with Gasteiger partial charge in [-0.3, -0.25) is 4.57 Å². The molecule has 0 aromatic heterocycles. The summed E-state index contributed by atoms with van der Waals surface area (Å²) in [5.41, 5.74) is 4.18. The van der Waals surface area contributed by atoms with Crippen molar-refractivity contribution in [3.63, 3.8) is 0 Å². The number of hydrogen-bond donors (Lipinski definition) is 0. The van der Waals surface area contributed by atoms with E-state index in [2.05, 4.69) is 33.8 Å². The molecule has 0 aliphatic rings. The average molecular weight is 385 g/mol. The molecule has 0 heterocycles. The van der Waals surface area contributed by atoms with Crippen molar-refractivity contribution in [3.05, 3.63) is 34.7 Å². The minimum Gasteiger partial charge on any atom is -0.306 e. The molecule has 0 saturated heterocycles. The molecule has 26 heavy (non-hydrogen) atoms. The Hall–Kier alpha value is -0.630. The van der Waals surface area contributed by atoms with Gasteiger partial charge < -0.3 is 9.05 Å². The minimum absolute atomic E-state index is 0.383. The molecule has 0 spiro atoms. The van der Waals surface area contributed by atoms with E-state index in [1.165, 1.54) is 16.7 Å². The largest absolute Gasteiger partial charge is 0.354 e. The lowest BCUT2D eigenvalue weighted by Crippen LogP contribution is -1.98. The van der Waals surface area contributed by atoms with Crippen molar-refractivity contribution in [2.45, 2.75) is 92.9 Å². The molecular weight excluding hydrogens is 343 g/mol. The van der Waals surface area contributed by atoms with E-state index in [1.54, 1.807) is 5.82 Å². The van der Waals surface area contributed by atoms with Gasteiger partial charge in [-0.1, -0.05) is 65.5 Å². The van der Waals surface area contributed by atoms with Crippen molar-refractivity contribution in [1.29, 1.82) is 0 Å². The minimum atomic E-state index is -3.16. The van der Waals surface area contributed by atoms with Crippen LogP contribution in [0.2, 0.25) is 0 Å². The Kier molecular flexibility index (Phi) is 15.1. The summed E-state index contributed by atoms with van der Waals surface area (Å²) in [6.07, 6.45) is 13.1. The molecule has 4 heteroatoms. The zero-order chi connectivity index (χ0) is 19.8. The van der Waals surface area contributed by atoms with Crippen molar-refractivity contribution < 1.29 is 13.6 Å². The fourth-order valence-electron chi connectivity index (χ4n) is 3.01. The van der Waals surface area contributed by atoms with Crippen LogP contribution in [-0.2, 0) is 13.6 Å². The molecule has 0 fully saturated rings. The van der Waals surface area contributed by atoms with Crippen LogP contribution in [-0.4, -0.2) is 13.2 Å². The van der Waals surface area contributed by atoms with E-state index in [0.717, 1.165) is 51.4 Å². The van der Waals surface area contributed by atoms with E-state index in [4.69, 9.17) is 9.05 Å². The van der Waals surface area contributed by atoms with E-state index in [1.807, 2.05) is 19.9 Å². The molecular formula is C22H41O3P. The normalized spacial score (nSPS) is 14.2. The van der Waals surface area contributed by atoms with Gasteiger partial charge in [-0.25, -0.2) is 0 Å². The van der Waals surface area contributed by atoms with Crippen LogP contribution in [0.5, 0.6) is 0 Å². The topological polar surface area (TPSA) is 35.5 Å². The second kappa shape index (κ2) is 15.4. The monoisotopic (exact) mass is 384 g/mol. The first-order chi connectivity index (χ1) is 12.5. The van der Waals surface area contributed by atoms with Gasteiger partial charge in [0.1, 0.15) is 0 Å². The predicted octanol–water partition coefficient (Wildman–Crippen LogP) is 8.19. The van der Waals surface area contributed by atoms with E-state index in [0.29, 0.717) is 13.2 Å². The lowest BCUT2D eigenvalue weighted by atomic mass is 9.90. The molecule has 0 rings (SSSR count). The Labute approximate surface area is 162 Å². The molecule has 0 unspecified atom stereocenters. The fourth-order valence-corrected chi connectivity index (χ4v) is 4.34. The molecule has 0 aliphatic heterocycles. The molecule has 0 bridgehead atoms. The molecule has 0 saturated carbocycles. The molecule has 0 aromatic carbocycles. The van der Waals surface area contributed by atoms with Crippen LogP contribution >= 0.6 is 7.60 Å². The summed E-state index contributed by atoms with van der Waals surface area (Å²) in [4.78, 5) is 0. The predicted molar refractivity (Wildman–Crippen MR) is 115 cm³/mol. The lowest BCUT2D eigenvalue weighted by Gasteiger charge is -2.17.